The van der Waals surface area contributed by atoms with Crippen molar-refractivity contribution < 1.29 is 45.4 Å². The van der Waals surface area contributed by atoms with Gasteiger partial charge in [-0.3, -0.25) is 14.4 Å². The molecule has 1 fully saturated rings. The van der Waals surface area contributed by atoms with Crippen LogP contribution < -0.4 is 16.0 Å². The number of likely N-dealkylation sites (N-methyl/N-ethyl adjacent to an activating group) is 1. The highest BCUT2D eigenvalue weighted by molar-refractivity contribution is 5.93. The number of fused-ring (bicyclic) bond motifs is 1. The third kappa shape index (κ3) is 7.22. The molecule has 0 spiro atoms. The van der Waals surface area contributed by atoms with Gasteiger partial charge < -0.3 is 20.9 Å². The van der Waals surface area contributed by atoms with Gasteiger partial charge in [0.25, 0.3) is 12.3 Å². The summed E-state index contributed by atoms with van der Waals surface area (Å²) in [7, 11) is 1.29. The van der Waals surface area contributed by atoms with E-state index >= 15 is 4.39 Å². The van der Waals surface area contributed by atoms with Gasteiger partial charge in [-0.25, -0.2) is 36.0 Å². The lowest BCUT2D eigenvalue weighted by Crippen LogP contribution is -2.51. The number of aryl methyl sites for hydroxylation is 1. The van der Waals surface area contributed by atoms with Crippen LogP contribution in [0, 0.1) is 24.6 Å². The molecule has 0 saturated heterocycles. The second-order valence-electron chi connectivity index (χ2n) is 11.4. The molecular weight excluding hydrogens is 612 g/mol. The van der Waals surface area contributed by atoms with Gasteiger partial charge in [-0.1, -0.05) is 25.1 Å². The van der Waals surface area contributed by atoms with Gasteiger partial charge >= 0.3 is 0 Å². The number of amides is 3. The van der Waals surface area contributed by atoms with Crippen molar-refractivity contribution in [3.63, 3.8) is 0 Å². The maximum absolute atomic E-state index is 16.0. The number of rotatable bonds is 11. The molecule has 4 N–H and O–H groups in total. The van der Waals surface area contributed by atoms with E-state index in [1.165, 1.54) is 20.0 Å². The summed E-state index contributed by atoms with van der Waals surface area (Å²) < 4.78 is 90.7. The fourth-order valence-corrected chi connectivity index (χ4v) is 5.45. The van der Waals surface area contributed by atoms with Crippen molar-refractivity contribution in [3.05, 3.63) is 40.7 Å². The monoisotopic (exact) mass is 645 g/mol. The molecule has 1 unspecified atom stereocenters. The van der Waals surface area contributed by atoms with Gasteiger partial charge in [-0.15, -0.1) is 0 Å². The zero-order valence-electron chi connectivity index (χ0n) is 24.8. The van der Waals surface area contributed by atoms with Crippen LogP contribution in [0.15, 0.2) is 16.8 Å². The van der Waals surface area contributed by atoms with Crippen LogP contribution in [0.4, 0.5) is 26.3 Å². The number of carbonyl (C=O) groups is 3. The molecule has 1 aliphatic carbocycles. The smallest absolute Gasteiger partial charge is 0.276 e. The highest BCUT2D eigenvalue weighted by Crippen LogP contribution is 2.42. The second-order valence-corrected chi connectivity index (χ2v) is 11.4. The first kappa shape index (κ1) is 33.7. The Labute approximate surface area is 253 Å². The van der Waals surface area contributed by atoms with E-state index in [0.29, 0.717) is 0 Å². The van der Waals surface area contributed by atoms with E-state index in [-0.39, 0.29) is 35.6 Å². The highest BCUT2D eigenvalue weighted by atomic mass is 19.3. The largest absolute Gasteiger partial charge is 0.357 e. The van der Waals surface area contributed by atoms with Gasteiger partial charge in [-0.05, 0) is 42.8 Å². The third-order valence-electron chi connectivity index (χ3n) is 7.99. The lowest BCUT2D eigenvalue weighted by molar-refractivity contribution is -0.132. The van der Waals surface area contributed by atoms with Crippen LogP contribution in [-0.2, 0) is 9.59 Å². The van der Waals surface area contributed by atoms with E-state index in [4.69, 9.17) is 0 Å². The predicted octanol–water partition coefficient (Wildman–Crippen LogP) is 4.26. The standard InChI is InChI=1S/C28H33F6N7O4/c1-11(2)19(26(43)35-4)38-25(42)16(18(30)23(31)32)14-5-6-15-22(17(14)29)37-24(36-15)21(13-7-9-28(33,34)10-8-13)39-27(44)20-12(3)40-45-41-20/h5-6,11,13,16,18-19,21,23H,7-10H2,1-4H3,(H,35,43)(H,36,37)(H,38,42)(H,39,44)/t16-,18?,19+,21-/m0/s1. The normalized spacial score (nSPS) is 18.0. The minimum Gasteiger partial charge on any atom is -0.357 e. The molecule has 11 nitrogen and oxygen atoms in total. The molecule has 17 heteroatoms. The fraction of sp³-hybridized carbons (Fsp3) is 0.571. The van der Waals surface area contributed by atoms with Crippen LogP contribution in [0.2, 0.25) is 0 Å². The molecule has 1 saturated carbocycles. The first-order valence-corrected chi connectivity index (χ1v) is 14.2. The highest BCUT2D eigenvalue weighted by Gasteiger charge is 2.42. The number of carbonyl (C=O) groups excluding carboxylic acids is 3. The Hall–Kier alpha value is -4.18. The average molecular weight is 646 g/mol. The minimum absolute atomic E-state index is 0.00273. The molecule has 1 aromatic carbocycles. The number of nitrogens with zero attached hydrogens (tertiary/aromatic N) is 3. The summed E-state index contributed by atoms with van der Waals surface area (Å²) in [6.45, 7) is 4.59. The SMILES string of the molecule is CNC(=O)[C@H](NC(=O)[C@@H](c1ccc2[nH]c([C@@H](NC(=O)c3nonc3C)C3CCC(F)(F)CC3)nc2c1F)C(F)C(F)F)C(C)C. The van der Waals surface area contributed by atoms with Crippen molar-refractivity contribution in [2.75, 3.05) is 7.05 Å². The number of alkyl halides is 5. The average Bonchev–Trinajstić information content (AvgIpc) is 3.62. The number of benzene rings is 1. The number of hydrogen-bond acceptors (Lipinski definition) is 7. The van der Waals surface area contributed by atoms with Gasteiger partial charge in [0.1, 0.15) is 29.0 Å². The number of imidazole rings is 1. The lowest BCUT2D eigenvalue weighted by atomic mass is 9.81. The van der Waals surface area contributed by atoms with Gasteiger partial charge in [-0.2, -0.15) is 0 Å². The van der Waals surface area contributed by atoms with Crippen molar-refractivity contribution in [2.24, 2.45) is 11.8 Å². The minimum atomic E-state index is -3.68. The molecule has 2 heterocycles. The van der Waals surface area contributed by atoms with Crippen molar-refractivity contribution in [1.29, 1.82) is 0 Å². The Kier molecular flexibility index (Phi) is 10.1. The van der Waals surface area contributed by atoms with Gasteiger partial charge in [0.15, 0.2) is 17.7 Å². The molecule has 3 amide bonds. The Balaban J connectivity index is 1.74. The zero-order chi connectivity index (χ0) is 33.2. The predicted molar refractivity (Wildman–Crippen MR) is 147 cm³/mol. The summed E-state index contributed by atoms with van der Waals surface area (Å²) in [6.07, 6.45) is -7.82. The topological polar surface area (TPSA) is 155 Å². The number of H-pyrrole nitrogens is 1. The molecule has 45 heavy (non-hydrogen) atoms. The number of aromatic amines is 1. The van der Waals surface area contributed by atoms with Crippen LogP contribution in [0.5, 0.6) is 0 Å². The van der Waals surface area contributed by atoms with E-state index < -0.39 is 95.8 Å². The summed E-state index contributed by atoms with van der Waals surface area (Å²) in [5.74, 6) is -10.5. The van der Waals surface area contributed by atoms with E-state index in [0.717, 1.165) is 6.07 Å². The van der Waals surface area contributed by atoms with Crippen LogP contribution >= 0.6 is 0 Å². The Morgan fingerprint density at radius 3 is 2.27 bits per heavy atom. The van der Waals surface area contributed by atoms with Gasteiger partial charge in [0.2, 0.25) is 17.7 Å². The quantitative estimate of drug-likeness (QED) is 0.227. The van der Waals surface area contributed by atoms with Crippen molar-refractivity contribution in [3.8, 4) is 0 Å². The summed E-state index contributed by atoms with van der Waals surface area (Å²) >= 11 is 0. The van der Waals surface area contributed by atoms with Crippen molar-refractivity contribution in [1.82, 2.24) is 36.2 Å². The van der Waals surface area contributed by atoms with Crippen molar-refractivity contribution in [2.45, 2.75) is 83.0 Å². The first-order valence-electron chi connectivity index (χ1n) is 14.2. The van der Waals surface area contributed by atoms with Crippen LogP contribution in [0.3, 0.4) is 0 Å². The second kappa shape index (κ2) is 13.4. The summed E-state index contributed by atoms with van der Waals surface area (Å²) in [5, 5.41) is 14.3. The fourth-order valence-electron chi connectivity index (χ4n) is 5.45. The molecular formula is C28H33F6N7O4. The Morgan fingerprint density at radius 2 is 1.71 bits per heavy atom. The number of hydrogen-bond donors (Lipinski definition) is 4. The summed E-state index contributed by atoms with van der Waals surface area (Å²) in [6, 6.07) is -0.147. The molecule has 0 aliphatic heterocycles. The number of nitrogens with one attached hydrogen (secondary N) is 4. The maximum Gasteiger partial charge on any atom is 0.276 e. The maximum atomic E-state index is 16.0. The van der Waals surface area contributed by atoms with E-state index in [9.17, 15) is 36.3 Å². The molecule has 1 aliphatic rings. The molecule has 3 aromatic rings. The first-order chi connectivity index (χ1) is 21.1. The van der Waals surface area contributed by atoms with E-state index in [1.54, 1.807) is 13.8 Å². The van der Waals surface area contributed by atoms with E-state index in [2.05, 4.69) is 40.9 Å². The van der Waals surface area contributed by atoms with Crippen LogP contribution in [0.1, 0.15) is 79.1 Å². The summed E-state index contributed by atoms with van der Waals surface area (Å²) in [4.78, 5) is 45.5. The lowest BCUT2D eigenvalue weighted by Gasteiger charge is -2.33. The number of halogens is 6. The van der Waals surface area contributed by atoms with Crippen LogP contribution in [0.25, 0.3) is 11.0 Å². The van der Waals surface area contributed by atoms with E-state index in [1.807, 2.05) is 0 Å². The molecule has 4 atom stereocenters. The van der Waals surface area contributed by atoms with Crippen molar-refractivity contribution >= 4 is 28.8 Å². The Morgan fingerprint density at radius 1 is 1.04 bits per heavy atom. The molecule has 0 radical (unpaired) electrons. The van der Waals surface area contributed by atoms with Gasteiger partial charge in [0, 0.05) is 25.5 Å². The third-order valence-corrected chi connectivity index (χ3v) is 7.99. The summed E-state index contributed by atoms with van der Waals surface area (Å²) in [5.41, 5.74) is -1.22. The molecule has 2 aromatic heterocycles. The molecule has 4 rings (SSSR count). The van der Waals surface area contributed by atoms with Crippen LogP contribution in [-0.4, -0.2) is 69.6 Å². The van der Waals surface area contributed by atoms with Gasteiger partial charge in [0.05, 0.1) is 11.6 Å². The molecule has 246 valence electrons. The number of aromatic nitrogens is 4. The zero-order valence-corrected chi connectivity index (χ0v) is 24.8. The molecule has 0 bridgehead atoms. The Bertz CT molecular complexity index is 1530.